The topological polar surface area (TPSA) is 33.2 Å². The molecule has 0 spiro atoms. The van der Waals surface area contributed by atoms with Gasteiger partial charge in [-0.15, -0.1) is 0 Å². The highest BCUT2D eigenvalue weighted by molar-refractivity contribution is 6.29. The van der Waals surface area contributed by atoms with Gasteiger partial charge in [-0.2, -0.15) is 0 Å². The normalized spacial score (nSPS) is 15.8. The molecule has 1 aromatic rings. The Labute approximate surface area is 81.3 Å². The van der Waals surface area contributed by atoms with Crippen LogP contribution >= 0.6 is 11.6 Å². The molecule has 1 aliphatic heterocycles. The zero-order valence-electron chi connectivity index (χ0n) is 7.25. The van der Waals surface area contributed by atoms with Crippen molar-refractivity contribution in [2.45, 2.75) is 12.8 Å². The van der Waals surface area contributed by atoms with Crippen molar-refractivity contribution in [1.82, 2.24) is 4.98 Å². The van der Waals surface area contributed by atoms with Crippen molar-refractivity contribution < 1.29 is 4.79 Å². The quantitative estimate of drug-likeness (QED) is 0.591. The van der Waals surface area contributed by atoms with Crippen molar-refractivity contribution in [3.63, 3.8) is 0 Å². The second-order valence-electron chi connectivity index (χ2n) is 3.07. The maximum Gasteiger partial charge on any atom is 0.228 e. The third kappa shape index (κ3) is 1.40. The molecule has 0 N–H and O–H groups in total. The van der Waals surface area contributed by atoms with Crippen LogP contribution in [-0.4, -0.2) is 17.9 Å². The molecule has 0 bridgehead atoms. The highest BCUT2D eigenvalue weighted by Crippen LogP contribution is 2.25. The molecule has 1 aliphatic rings. The van der Waals surface area contributed by atoms with Gasteiger partial charge in [-0.05, 0) is 18.1 Å². The van der Waals surface area contributed by atoms with Gasteiger partial charge in [-0.1, -0.05) is 17.7 Å². The molecule has 1 amide bonds. The van der Waals surface area contributed by atoms with E-state index >= 15 is 0 Å². The lowest BCUT2D eigenvalue weighted by Gasteiger charge is -2.24. The molecule has 13 heavy (non-hydrogen) atoms. The maximum atomic E-state index is 11.3. The first-order chi connectivity index (χ1) is 6.18. The number of amides is 1. The van der Waals surface area contributed by atoms with E-state index in [1.54, 1.807) is 18.0 Å². The molecule has 2 rings (SSSR count). The van der Waals surface area contributed by atoms with E-state index in [0.29, 0.717) is 17.4 Å². The molecule has 0 atom stereocenters. The number of carbonyl (C=O) groups is 1. The van der Waals surface area contributed by atoms with Gasteiger partial charge in [-0.25, -0.2) is 4.98 Å². The van der Waals surface area contributed by atoms with Gasteiger partial charge in [0.25, 0.3) is 0 Å². The van der Waals surface area contributed by atoms with E-state index in [4.69, 9.17) is 11.6 Å². The van der Waals surface area contributed by atoms with E-state index in [2.05, 4.69) is 4.98 Å². The van der Waals surface area contributed by atoms with Crippen molar-refractivity contribution in [3.05, 3.63) is 22.8 Å². The average Bonchev–Trinajstić information content (AvgIpc) is 2.12. The van der Waals surface area contributed by atoms with E-state index in [1.165, 1.54) is 0 Å². The van der Waals surface area contributed by atoms with E-state index in [1.807, 2.05) is 6.07 Å². The second kappa shape index (κ2) is 3.00. The molecule has 3 nitrogen and oxygen atoms in total. The third-order valence-electron chi connectivity index (χ3n) is 2.22. The van der Waals surface area contributed by atoms with Crippen LogP contribution < -0.4 is 4.90 Å². The van der Waals surface area contributed by atoms with Crippen molar-refractivity contribution in [1.29, 1.82) is 0 Å². The fourth-order valence-electron chi connectivity index (χ4n) is 1.47. The zero-order valence-corrected chi connectivity index (χ0v) is 8.01. The second-order valence-corrected chi connectivity index (χ2v) is 3.46. The highest BCUT2D eigenvalue weighted by Gasteiger charge is 2.21. The SMILES string of the molecule is CN1C(=O)CCc2ccc(Cl)nc21. The Balaban J connectivity index is 2.51. The number of rotatable bonds is 0. The van der Waals surface area contributed by atoms with Gasteiger partial charge in [0.15, 0.2) is 0 Å². The minimum Gasteiger partial charge on any atom is -0.300 e. The van der Waals surface area contributed by atoms with Crippen LogP contribution in [0.1, 0.15) is 12.0 Å². The molecule has 4 heteroatoms. The first-order valence-electron chi connectivity index (χ1n) is 4.10. The molecule has 0 unspecified atom stereocenters. The van der Waals surface area contributed by atoms with Crippen molar-refractivity contribution in [2.75, 3.05) is 11.9 Å². The summed E-state index contributed by atoms with van der Waals surface area (Å²) in [7, 11) is 1.73. The maximum absolute atomic E-state index is 11.3. The summed E-state index contributed by atoms with van der Waals surface area (Å²) < 4.78 is 0. The van der Waals surface area contributed by atoms with Crippen LogP contribution in [0.4, 0.5) is 5.82 Å². The molecule has 0 fully saturated rings. The Morgan fingerprint density at radius 2 is 2.23 bits per heavy atom. The van der Waals surface area contributed by atoms with Gasteiger partial charge < -0.3 is 0 Å². The molecule has 1 aromatic heterocycles. The molecule has 2 heterocycles. The van der Waals surface area contributed by atoms with Gasteiger partial charge in [0.2, 0.25) is 5.91 Å². The van der Waals surface area contributed by atoms with Crippen LogP contribution in [0, 0.1) is 0 Å². The Kier molecular flexibility index (Phi) is 1.96. The monoisotopic (exact) mass is 196 g/mol. The smallest absolute Gasteiger partial charge is 0.228 e. The summed E-state index contributed by atoms with van der Waals surface area (Å²) in [5, 5.41) is 0.431. The molecular formula is C9H9ClN2O. The number of hydrogen-bond acceptors (Lipinski definition) is 2. The number of pyridine rings is 1. The molecular weight excluding hydrogens is 188 g/mol. The first-order valence-corrected chi connectivity index (χ1v) is 4.48. The van der Waals surface area contributed by atoms with E-state index in [0.717, 1.165) is 12.0 Å². The predicted octanol–water partition coefficient (Wildman–Crippen LogP) is 1.64. The summed E-state index contributed by atoms with van der Waals surface area (Å²) in [5.41, 5.74) is 1.09. The number of halogens is 1. The summed E-state index contributed by atoms with van der Waals surface area (Å²) in [4.78, 5) is 17.0. The van der Waals surface area contributed by atoms with Gasteiger partial charge in [0.05, 0.1) is 0 Å². The van der Waals surface area contributed by atoms with Crippen LogP contribution in [-0.2, 0) is 11.2 Å². The number of aryl methyl sites for hydroxylation is 1. The molecule has 68 valence electrons. The lowest BCUT2D eigenvalue weighted by Crippen LogP contribution is -2.31. The van der Waals surface area contributed by atoms with Gasteiger partial charge >= 0.3 is 0 Å². The van der Waals surface area contributed by atoms with E-state index in [9.17, 15) is 4.79 Å². The number of aromatic nitrogens is 1. The Morgan fingerprint density at radius 1 is 1.46 bits per heavy atom. The lowest BCUT2D eigenvalue weighted by atomic mass is 10.1. The molecule has 0 saturated carbocycles. The van der Waals surface area contributed by atoms with E-state index < -0.39 is 0 Å². The van der Waals surface area contributed by atoms with Gasteiger partial charge in [0.1, 0.15) is 11.0 Å². The van der Waals surface area contributed by atoms with Crippen molar-refractivity contribution in [2.24, 2.45) is 0 Å². The number of carbonyl (C=O) groups excluding carboxylic acids is 1. The highest BCUT2D eigenvalue weighted by atomic mass is 35.5. The number of anilines is 1. The summed E-state index contributed by atoms with van der Waals surface area (Å²) >= 11 is 5.74. The molecule has 0 radical (unpaired) electrons. The van der Waals surface area contributed by atoms with E-state index in [-0.39, 0.29) is 5.91 Å². The summed E-state index contributed by atoms with van der Waals surface area (Å²) in [6.45, 7) is 0. The Morgan fingerprint density at radius 3 is 3.00 bits per heavy atom. The molecule has 0 aliphatic carbocycles. The number of nitrogens with zero attached hydrogens (tertiary/aromatic N) is 2. The fourth-order valence-corrected chi connectivity index (χ4v) is 1.61. The van der Waals surface area contributed by atoms with Gasteiger partial charge in [0, 0.05) is 13.5 Å². The standard InChI is InChI=1S/C9H9ClN2O/c1-12-8(13)5-3-6-2-4-7(10)11-9(6)12/h2,4H,3,5H2,1H3. The Hall–Kier alpha value is -1.09. The lowest BCUT2D eigenvalue weighted by molar-refractivity contribution is -0.118. The van der Waals surface area contributed by atoms with Gasteiger partial charge in [-0.3, -0.25) is 9.69 Å². The Bertz CT molecular complexity index is 365. The summed E-state index contributed by atoms with van der Waals surface area (Å²) in [6, 6.07) is 3.68. The van der Waals surface area contributed by atoms with Crippen molar-refractivity contribution >= 4 is 23.3 Å². The third-order valence-corrected chi connectivity index (χ3v) is 2.43. The molecule has 0 saturated heterocycles. The summed E-state index contributed by atoms with van der Waals surface area (Å²) in [5.74, 6) is 0.797. The fraction of sp³-hybridized carbons (Fsp3) is 0.333. The van der Waals surface area contributed by atoms with Crippen molar-refractivity contribution in [3.8, 4) is 0 Å². The van der Waals surface area contributed by atoms with Crippen LogP contribution in [0.3, 0.4) is 0 Å². The minimum atomic E-state index is 0.0993. The number of hydrogen-bond donors (Lipinski definition) is 0. The van der Waals surface area contributed by atoms with Crippen LogP contribution in [0.25, 0.3) is 0 Å². The van der Waals surface area contributed by atoms with Crippen LogP contribution in [0.15, 0.2) is 12.1 Å². The average molecular weight is 197 g/mol. The number of fused-ring (bicyclic) bond motifs is 1. The first kappa shape index (κ1) is 8.51. The predicted molar refractivity (Wildman–Crippen MR) is 51.0 cm³/mol. The van der Waals surface area contributed by atoms with Crippen LogP contribution in [0.5, 0.6) is 0 Å². The minimum absolute atomic E-state index is 0.0993. The molecule has 0 aromatic carbocycles. The largest absolute Gasteiger partial charge is 0.300 e. The zero-order chi connectivity index (χ0) is 9.42. The van der Waals surface area contributed by atoms with Crippen LogP contribution in [0.2, 0.25) is 5.15 Å². The summed E-state index contributed by atoms with van der Waals surface area (Å²) in [6.07, 6.45) is 1.33.